The van der Waals surface area contributed by atoms with Crippen LogP contribution in [0.25, 0.3) is 0 Å². The fraction of sp³-hybridized carbons (Fsp3) is 0.600. The van der Waals surface area contributed by atoms with E-state index in [0.29, 0.717) is 0 Å². The maximum Gasteiger partial charge on any atom is 0.00312 e. The van der Waals surface area contributed by atoms with Crippen molar-refractivity contribution < 1.29 is 0 Å². The summed E-state index contributed by atoms with van der Waals surface area (Å²) in [5.41, 5.74) is 2.98. The summed E-state index contributed by atoms with van der Waals surface area (Å²) in [5, 5.41) is 0. The van der Waals surface area contributed by atoms with Gasteiger partial charge in [-0.25, -0.2) is 0 Å². The molecule has 0 nitrogen and oxygen atoms in total. The predicted octanol–water partition coefficient (Wildman–Crippen LogP) is 3.55. The van der Waals surface area contributed by atoms with Crippen molar-refractivity contribution in [2.45, 2.75) is 34.6 Å². The van der Waals surface area contributed by atoms with Crippen LogP contribution in [0.4, 0.5) is 0 Å². The second-order valence-electron chi connectivity index (χ2n) is 3.55. The molecule has 10 heavy (non-hydrogen) atoms. The molecule has 0 N–H and O–H groups in total. The maximum atomic E-state index is 3.80. The quantitative estimate of drug-likeness (QED) is 0.512. The lowest BCUT2D eigenvalue weighted by Gasteiger charge is -2.22. The molecule has 0 heteroatoms. The smallest absolute Gasteiger partial charge is 0.00312 e. The van der Waals surface area contributed by atoms with E-state index in [1.165, 1.54) is 11.1 Å². The van der Waals surface area contributed by atoms with Crippen molar-refractivity contribution in [3.8, 4) is 0 Å². The molecule has 0 unspecified atom stereocenters. The van der Waals surface area contributed by atoms with Gasteiger partial charge in [-0.1, -0.05) is 31.1 Å². The maximum absolute atomic E-state index is 3.80. The second-order valence-corrected chi connectivity index (χ2v) is 3.55. The zero-order valence-electron chi connectivity index (χ0n) is 7.78. The molecule has 0 aromatic rings. The van der Waals surface area contributed by atoms with Crippen molar-refractivity contribution in [2.24, 2.45) is 5.41 Å². The fourth-order valence-electron chi connectivity index (χ4n) is 0.797. The molecule has 0 amide bonds. The average Bonchev–Trinajstić information content (AvgIpc) is 1.86. The molecule has 58 valence electrons. The normalized spacial score (nSPS) is 10.9. The van der Waals surface area contributed by atoms with Gasteiger partial charge in [0, 0.05) is 5.41 Å². The minimum atomic E-state index is 0.166. The summed E-state index contributed by atoms with van der Waals surface area (Å²) < 4.78 is 0. The first-order valence-electron chi connectivity index (χ1n) is 3.70. The minimum absolute atomic E-state index is 0.166. The number of hydrogen-bond donors (Lipinski definition) is 0. The number of rotatable bonds is 2. The van der Waals surface area contributed by atoms with E-state index < -0.39 is 0 Å². The third kappa shape index (κ3) is 2.02. The van der Waals surface area contributed by atoms with Crippen LogP contribution >= 0.6 is 0 Å². The van der Waals surface area contributed by atoms with Crippen molar-refractivity contribution in [1.29, 1.82) is 0 Å². The molecule has 0 aliphatic heterocycles. The molecule has 0 rings (SSSR count). The lowest BCUT2D eigenvalue weighted by molar-refractivity contribution is 0.574. The summed E-state index contributed by atoms with van der Waals surface area (Å²) in [7, 11) is 0. The molecule has 0 aliphatic rings. The van der Waals surface area contributed by atoms with E-state index in [1.54, 1.807) is 0 Å². The van der Waals surface area contributed by atoms with Gasteiger partial charge in [0.2, 0.25) is 0 Å². The molecular weight excluding hydrogens is 120 g/mol. The molecule has 0 fully saturated rings. The van der Waals surface area contributed by atoms with Crippen LogP contribution in [0, 0.1) is 5.41 Å². The van der Waals surface area contributed by atoms with Gasteiger partial charge in [-0.2, -0.15) is 0 Å². The standard InChI is InChI=1S/C10H18/c1-7-10(5,6)9(4)8(2)3/h7H,1H2,2-6H3. The second kappa shape index (κ2) is 3.05. The highest BCUT2D eigenvalue weighted by atomic mass is 14.2. The lowest BCUT2D eigenvalue weighted by atomic mass is 9.83. The molecular formula is C10H18. The van der Waals surface area contributed by atoms with Gasteiger partial charge in [0.25, 0.3) is 0 Å². The molecule has 0 bridgehead atoms. The zero-order chi connectivity index (χ0) is 8.36. The highest BCUT2D eigenvalue weighted by Gasteiger charge is 2.15. The van der Waals surface area contributed by atoms with Crippen LogP contribution in [-0.2, 0) is 0 Å². The fourth-order valence-corrected chi connectivity index (χ4v) is 0.797. The molecule has 0 spiro atoms. The van der Waals surface area contributed by atoms with Gasteiger partial charge in [0.05, 0.1) is 0 Å². The third-order valence-corrected chi connectivity index (χ3v) is 2.23. The molecule has 0 saturated heterocycles. The Kier molecular flexibility index (Phi) is 2.89. The first-order chi connectivity index (χ1) is 4.41. The SMILES string of the molecule is C=CC(C)(C)C(C)=C(C)C. The largest absolute Gasteiger partial charge is 0.102 e. The Labute approximate surface area is 64.6 Å². The monoisotopic (exact) mass is 138 g/mol. The van der Waals surface area contributed by atoms with Crippen LogP contribution in [0.1, 0.15) is 34.6 Å². The van der Waals surface area contributed by atoms with Gasteiger partial charge in [-0.3, -0.25) is 0 Å². The predicted molar refractivity (Wildman–Crippen MR) is 48.0 cm³/mol. The van der Waals surface area contributed by atoms with Gasteiger partial charge in [0.1, 0.15) is 0 Å². The third-order valence-electron chi connectivity index (χ3n) is 2.23. The lowest BCUT2D eigenvalue weighted by Crippen LogP contribution is -2.09. The molecule has 0 aliphatic carbocycles. The highest BCUT2D eigenvalue weighted by Crippen LogP contribution is 2.28. The Hall–Kier alpha value is -0.520. The van der Waals surface area contributed by atoms with Gasteiger partial charge in [0.15, 0.2) is 0 Å². The Morgan fingerprint density at radius 3 is 1.70 bits per heavy atom. The Balaban J connectivity index is 4.65. The van der Waals surface area contributed by atoms with Gasteiger partial charge < -0.3 is 0 Å². The van der Waals surface area contributed by atoms with Crippen LogP contribution in [0.5, 0.6) is 0 Å². The van der Waals surface area contributed by atoms with Gasteiger partial charge in [-0.05, 0) is 20.8 Å². The summed E-state index contributed by atoms with van der Waals surface area (Å²) >= 11 is 0. The summed E-state index contributed by atoms with van der Waals surface area (Å²) in [5.74, 6) is 0. The average molecular weight is 138 g/mol. The van der Waals surface area contributed by atoms with Crippen molar-refractivity contribution in [3.63, 3.8) is 0 Å². The Morgan fingerprint density at radius 1 is 1.20 bits per heavy atom. The topological polar surface area (TPSA) is 0 Å². The van der Waals surface area contributed by atoms with Crippen molar-refractivity contribution >= 4 is 0 Å². The van der Waals surface area contributed by atoms with Crippen LogP contribution in [0.2, 0.25) is 0 Å². The Bertz CT molecular complexity index is 155. The molecule has 0 aromatic heterocycles. The van der Waals surface area contributed by atoms with Crippen molar-refractivity contribution in [1.82, 2.24) is 0 Å². The molecule has 0 radical (unpaired) electrons. The Morgan fingerprint density at radius 2 is 1.60 bits per heavy atom. The first kappa shape index (κ1) is 9.48. The summed E-state index contributed by atoms with van der Waals surface area (Å²) in [6.45, 7) is 14.6. The van der Waals surface area contributed by atoms with E-state index in [4.69, 9.17) is 0 Å². The van der Waals surface area contributed by atoms with E-state index >= 15 is 0 Å². The molecule has 0 heterocycles. The van der Waals surface area contributed by atoms with Gasteiger partial charge >= 0.3 is 0 Å². The highest BCUT2D eigenvalue weighted by molar-refractivity contribution is 5.20. The molecule has 0 aromatic carbocycles. The first-order valence-corrected chi connectivity index (χ1v) is 3.70. The van der Waals surface area contributed by atoms with Gasteiger partial charge in [-0.15, -0.1) is 6.58 Å². The van der Waals surface area contributed by atoms with Crippen LogP contribution < -0.4 is 0 Å². The zero-order valence-corrected chi connectivity index (χ0v) is 7.78. The summed E-state index contributed by atoms with van der Waals surface area (Å²) in [4.78, 5) is 0. The van der Waals surface area contributed by atoms with E-state index in [0.717, 1.165) is 0 Å². The van der Waals surface area contributed by atoms with E-state index in [2.05, 4.69) is 41.2 Å². The van der Waals surface area contributed by atoms with Crippen molar-refractivity contribution in [3.05, 3.63) is 23.8 Å². The van der Waals surface area contributed by atoms with E-state index in [-0.39, 0.29) is 5.41 Å². The van der Waals surface area contributed by atoms with Crippen LogP contribution in [-0.4, -0.2) is 0 Å². The van der Waals surface area contributed by atoms with Crippen molar-refractivity contribution in [2.75, 3.05) is 0 Å². The molecule has 0 saturated carbocycles. The molecule has 0 atom stereocenters. The minimum Gasteiger partial charge on any atom is -0.102 e. The summed E-state index contributed by atoms with van der Waals surface area (Å²) in [6.07, 6.45) is 2.00. The van der Waals surface area contributed by atoms with E-state index in [1.807, 2.05) is 6.08 Å². The number of allylic oxidation sites excluding steroid dienone is 3. The van der Waals surface area contributed by atoms with E-state index in [9.17, 15) is 0 Å². The van der Waals surface area contributed by atoms with Crippen LogP contribution in [0.15, 0.2) is 23.8 Å². The number of hydrogen-bond acceptors (Lipinski definition) is 0. The summed E-state index contributed by atoms with van der Waals surface area (Å²) in [6, 6.07) is 0. The van der Waals surface area contributed by atoms with Crippen LogP contribution in [0.3, 0.4) is 0 Å².